The number of carbonyl (C=O) groups is 2. The zero-order valence-corrected chi connectivity index (χ0v) is 15.9. The van der Waals surface area contributed by atoms with Crippen LogP contribution in [0.4, 0.5) is 5.69 Å². The van der Waals surface area contributed by atoms with E-state index in [9.17, 15) is 19.7 Å². The molecule has 0 spiro atoms. The van der Waals surface area contributed by atoms with Gasteiger partial charge < -0.3 is 15.5 Å². The predicted octanol–water partition coefficient (Wildman–Crippen LogP) is 2.00. The first kappa shape index (κ1) is 22.1. The van der Waals surface area contributed by atoms with Crippen molar-refractivity contribution in [2.45, 2.75) is 25.8 Å². The third-order valence-corrected chi connectivity index (χ3v) is 4.39. The normalized spacial score (nSPS) is 15.8. The van der Waals surface area contributed by atoms with Crippen molar-refractivity contribution in [2.24, 2.45) is 0 Å². The Morgan fingerprint density at radius 2 is 2.19 bits per heavy atom. The van der Waals surface area contributed by atoms with Crippen LogP contribution in [-0.4, -0.2) is 53.9 Å². The summed E-state index contributed by atoms with van der Waals surface area (Å²) in [5.41, 5.74) is -0.616. The SMILES string of the molecule is CCCN(C(=O)CNC(=O)c1c(Cl)cccc1[N+](=O)[O-])C1CCNC1.Cl. The van der Waals surface area contributed by atoms with Crippen molar-refractivity contribution >= 4 is 41.5 Å². The van der Waals surface area contributed by atoms with E-state index in [0.717, 1.165) is 25.9 Å². The lowest BCUT2D eigenvalue weighted by Gasteiger charge is -2.28. The monoisotopic (exact) mass is 404 g/mol. The van der Waals surface area contributed by atoms with E-state index >= 15 is 0 Å². The molecule has 2 N–H and O–H groups in total. The van der Waals surface area contributed by atoms with Crippen molar-refractivity contribution in [3.8, 4) is 0 Å². The summed E-state index contributed by atoms with van der Waals surface area (Å²) in [7, 11) is 0. The number of benzene rings is 1. The second-order valence-corrected chi connectivity index (χ2v) is 6.21. The zero-order valence-electron chi connectivity index (χ0n) is 14.4. The molecule has 1 saturated heterocycles. The average Bonchev–Trinajstić information content (AvgIpc) is 3.11. The number of nitrogens with one attached hydrogen (secondary N) is 2. The molecule has 2 rings (SSSR count). The molecule has 26 heavy (non-hydrogen) atoms. The lowest BCUT2D eigenvalue weighted by Crippen LogP contribution is -2.46. The van der Waals surface area contributed by atoms with Gasteiger partial charge in [0, 0.05) is 25.2 Å². The maximum Gasteiger partial charge on any atom is 0.283 e. The van der Waals surface area contributed by atoms with E-state index in [2.05, 4.69) is 10.6 Å². The number of nitro groups is 1. The zero-order chi connectivity index (χ0) is 18.4. The molecule has 144 valence electrons. The van der Waals surface area contributed by atoms with E-state index in [0.29, 0.717) is 6.54 Å². The summed E-state index contributed by atoms with van der Waals surface area (Å²) in [5.74, 6) is -0.940. The Labute approximate surface area is 162 Å². The average molecular weight is 405 g/mol. The van der Waals surface area contributed by atoms with Crippen LogP contribution in [-0.2, 0) is 4.79 Å². The van der Waals surface area contributed by atoms with E-state index in [4.69, 9.17) is 11.6 Å². The molecule has 1 aromatic rings. The summed E-state index contributed by atoms with van der Waals surface area (Å²) >= 11 is 5.93. The lowest BCUT2D eigenvalue weighted by molar-refractivity contribution is -0.385. The Balaban J connectivity index is 0.00000338. The Bertz CT molecular complexity index is 666. The van der Waals surface area contributed by atoms with Crippen LogP contribution < -0.4 is 10.6 Å². The van der Waals surface area contributed by atoms with E-state index in [-0.39, 0.29) is 47.2 Å². The molecule has 1 aromatic carbocycles. The standard InChI is InChI=1S/C16H21ClN4O4.ClH/c1-2-8-20(11-6-7-18-9-11)14(22)10-19-16(23)15-12(17)4-3-5-13(15)21(24)25;/h3-5,11,18H,2,6-10H2,1H3,(H,19,23);1H. The summed E-state index contributed by atoms with van der Waals surface area (Å²) in [4.78, 5) is 36.9. The molecule has 1 fully saturated rings. The van der Waals surface area contributed by atoms with Gasteiger partial charge in [0.1, 0.15) is 5.56 Å². The van der Waals surface area contributed by atoms with Gasteiger partial charge in [-0.1, -0.05) is 24.6 Å². The van der Waals surface area contributed by atoms with Crippen LogP contribution in [0.2, 0.25) is 5.02 Å². The molecule has 1 heterocycles. The maximum atomic E-state index is 12.5. The molecule has 1 unspecified atom stereocenters. The number of carbonyl (C=O) groups excluding carboxylic acids is 2. The number of amides is 2. The van der Waals surface area contributed by atoms with Gasteiger partial charge in [-0.15, -0.1) is 12.4 Å². The molecule has 0 radical (unpaired) electrons. The Morgan fingerprint density at radius 1 is 1.46 bits per heavy atom. The van der Waals surface area contributed by atoms with E-state index in [1.807, 2.05) is 6.92 Å². The van der Waals surface area contributed by atoms with Crippen molar-refractivity contribution in [3.05, 3.63) is 38.9 Å². The highest BCUT2D eigenvalue weighted by molar-refractivity contribution is 6.34. The first-order valence-electron chi connectivity index (χ1n) is 8.17. The molecule has 2 amide bonds. The summed E-state index contributed by atoms with van der Waals surface area (Å²) in [6.45, 7) is 3.95. The molecule has 8 nitrogen and oxygen atoms in total. The molecule has 1 aliphatic heterocycles. The van der Waals surface area contributed by atoms with E-state index in [1.54, 1.807) is 4.90 Å². The first-order valence-corrected chi connectivity index (χ1v) is 8.54. The van der Waals surface area contributed by atoms with Gasteiger partial charge in [-0.3, -0.25) is 19.7 Å². The molecular formula is C16H22Cl2N4O4. The third-order valence-electron chi connectivity index (χ3n) is 4.08. The highest BCUT2D eigenvalue weighted by atomic mass is 35.5. The summed E-state index contributed by atoms with van der Waals surface area (Å²) < 4.78 is 0. The van der Waals surface area contributed by atoms with Crippen molar-refractivity contribution in [2.75, 3.05) is 26.2 Å². The van der Waals surface area contributed by atoms with Crippen molar-refractivity contribution in [3.63, 3.8) is 0 Å². The van der Waals surface area contributed by atoms with Crippen molar-refractivity contribution in [1.82, 2.24) is 15.5 Å². The quantitative estimate of drug-likeness (QED) is 0.533. The molecule has 10 heteroatoms. The lowest BCUT2D eigenvalue weighted by atomic mass is 10.1. The minimum atomic E-state index is -0.730. The number of rotatable bonds is 7. The molecule has 0 saturated carbocycles. The van der Waals surface area contributed by atoms with Crippen LogP contribution in [0.5, 0.6) is 0 Å². The fourth-order valence-electron chi connectivity index (χ4n) is 2.89. The van der Waals surface area contributed by atoms with Crippen molar-refractivity contribution in [1.29, 1.82) is 0 Å². The minimum absolute atomic E-state index is 0. The maximum absolute atomic E-state index is 12.5. The fraction of sp³-hybridized carbons (Fsp3) is 0.500. The summed E-state index contributed by atoms with van der Waals surface area (Å²) in [6.07, 6.45) is 1.68. The second kappa shape index (κ2) is 10.3. The molecule has 0 bridgehead atoms. The van der Waals surface area contributed by atoms with E-state index < -0.39 is 10.8 Å². The van der Waals surface area contributed by atoms with Gasteiger partial charge >= 0.3 is 0 Å². The Morgan fingerprint density at radius 3 is 2.77 bits per heavy atom. The van der Waals surface area contributed by atoms with E-state index in [1.165, 1.54) is 18.2 Å². The van der Waals surface area contributed by atoms with Crippen LogP contribution in [0.15, 0.2) is 18.2 Å². The third kappa shape index (κ3) is 5.30. The van der Waals surface area contributed by atoms with Crippen LogP contribution in [0.25, 0.3) is 0 Å². The van der Waals surface area contributed by atoms with Crippen LogP contribution >= 0.6 is 24.0 Å². The molecular weight excluding hydrogens is 383 g/mol. The van der Waals surface area contributed by atoms with Gasteiger partial charge in [-0.05, 0) is 25.5 Å². The number of nitrogens with zero attached hydrogens (tertiary/aromatic N) is 2. The van der Waals surface area contributed by atoms with Crippen LogP contribution in [0.1, 0.15) is 30.1 Å². The van der Waals surface area contributed by atoms with Gasteiger partial charge in [0.15, 0.2) is 0 Å². The van der Waals surface area contributed by atoms with Gasteiger partial charge in [-0.2, -0.15) is 0 Å². The van der Waals surface area contributed by atoms with Gasteiger partial charge in [0.05, 0.1) is 16.5 Å². The van der Waals surface area contributed by atoms with Gasteiger partial charge in [0.2, 0.25) is 5.91 Å². The predicted molar refractivity (Wildman–Crippen MR) is 101 cm³/mol. The smallest absolute Gasteiger partial charge is 0.283 e. The molecule has 1 aliphatic rings. The first-order chi connectivity index (χ1) is 12.0. The number of nitro benzene ring substituents is 1. The highest BCUT2D eigenvalue weighted by Crippen LogP contribution is 2.25. The topological polar surface area (TPSA) is 105 Å². The van der Waals surface area contributed by atoms with Gasteiger partial charge in [0.25, 0.3) is 11.6 Å². The largest absolute Gasteiger partial charge is 0.343 e. The number of hydrogen-bond acceptors (Lipinski definition) is 5. The Kier molecular flexibility index (Phi) is 8.77. The Hall–Kier alpha value is -1.90. The van der Waals surface area contributed by atoms with Gasteiger partial charge in [-0.25, -0.2) is 0 Å². The van der Waals surface area contributed by atoms with Crippen LogP contribution in [0.3, 0.4) is 0 Å². The minimum Gasteiger partial charge on any atom is -0.343 e. The summed E-state index contributed by atoms with van der Waals surface area (Å²) in [5, 5.41) is 16.7. The second-order valence-electron chi connectivity index (χ2n) is 5.81. The highest BCUT2D eigenvalue weighted by Gasteiger charge is 2.27. The van der Waals surface area contributed by atoms with Crippen LogP contribution in [0, 0.1) is 10.1 Å². The molecule has 1 atom stereocenters. The summed E-state index contributed by atoms with van der Waals surface area (Å²) in [6, 6.07) is 4.12. The molecule has 0 aliphatic carbocycles. The van der Waals surface area contributed by atoms with Crippen molar-refractivity contribution < 1.29 is 14.5 Å². The molecule has 0 aromatic heterocycles. The number of halogens is 2. The fourth-order valence-corrected chi connectivity index (χ4v) is 3.15. The number of hydrogen-bond donors (Lipinski definition) is 2.